The van der Waals surface area contributed by atoms with Crippen LogP contribution in [0.3, 0.4) is 0 Å². The number of hydrogen-bond donors (Lipinski definition) is 1. The van der Waals surface area contributed by atoms with Crippen molar-refractivity contribution < 1.29 is 9.50 Å². The minimum absolute atomic E-state index is 0.183. The molecule has 1 heterocycles. The predicted octanol–water partition coefficient (Wildman–Crippen LogP) is 4.14. The van der Waals surface area contributed by atoms with Crippen LogP contribution >= 0.6 is 11.3 Å². The lowest BCUT2D eigenvalue weighted by Crippen LogP contribution is -2.22. The smallest absolute Gasteiger partial charge is 0.123 e. The van der Waals surface area contributed by atoms with Crippen molar-refractivity contribution in [3.63, 3.8) is 0 Å². The fourth-order valence-electron chi connectivity index (χ4n) is 2.11. The minimum Gasteiger partial charge on any atom is -0.389 e. The van der Waals surface area contributed by atoms with Gasteiger partial charge in [-0.1, -0.05) is 6.07 Å². The van der Waals surface area contributed by atoms with E-state index in [-0.39, 0.29) is 11.9 Å². The van der Waals surface area contributed by atoms with E-state index in [0.29, 0.717) is 5.56 Å². The van der Waals surface area contributed by atoms with Crippen LogP contribution in [-0.2, 0) is 0 Å². The van der Waals surface area contributed by atoms with E-state index >= 15 is 0 Å². The number of halogens is 1. The van der Waals surface area contributed by atoms with Gasteiger partial charge in [0.15, 0.2) is 0 Å². The first-order valence-electron chi connectivity index (χ1n) is 6.24. The Labute approximate surface area is 117 Å². The maximum Gasteiger partial charge on any atom is 0.123 e. The number of benzene rings is 1. The van der Waals surface area contributed by atoms with Crippen LogP contribution < -0.4 is 4.90 Å². The number of hydrogen-bond acceptors (Lipinski definition) is 3. The lowest BCUT2D eigenvalue weighted by atomic mass is 10.1. The molecule has 0 bridgehead atoms. The van der Waals surface area contributed by atoms with E-state index in [0.717, 1.165) is 5.69 Å². The van der Waals surface area contributed by atoms with Crippen molar-refractivity contribution in [2.75, 3.05) is 11.9 Å². The van der Waals surface area contributed by atoms with E-state index in [4.69, 9.17) is 0 Å². The molecule has 0 saturated heterocycles. The van der Waals surface area contributed by atoms with Crippen LogP contribution in [-0.4, -0.2) is 12.2 Å². The zero-order chi connectivity index (χ0) is 14.0. The molecule has 2 atom stereocenters. The molecule has 1 N–H and O–H groups in total. The van der Waals surface area contributed by atoms with E-state index in [9.17, 15) is 9.50 Å². The third-order valence-electron chi connectivity index (χ3n) is 3.36. The SMILES string of the molecule is CC(O)c1cc(F)ccc1N(C)C(C)c1cccs1. The number of rotatable bonds is 4. The van der Waals surface area contributed by atoms with Gasteiger partial charge >= 0.3 is 0 Å². The summed E-state index contributed by atoms with van der Waals surface area (Å²) < 4.78 is 13.3. The molecule has 2 rings (SSSR count). The van der Waals surface area contributed by atoms with Crippen LogP contribution in [0.15, 0.2) is 35.7 Å². The van der Waals surface area contributed by atoms with E-state index in [1.807, 2.05) is 18.5 Å². The number of aliphatic hydroxyl groups is 1. The number of anilines is 1. The fraction of sp³-hybridized carbons (Fsp3) is 0.333. The van der Waals surface area contributed by atoms with Gasteiger partial charge in [-0.2, -0.15) is 0 Å². The molecule has 0 radical (unpaired) electrons. The van der Waals surface area contributed by atoms with Gasteiger partial charge in [0.2, 0.25) is 0 Å². The van der Waals surface area contributed by atoms with E-state index in [2.05, 4.69) is 17.9 Å². The second-order valence-electron chi connectivity index (χ2n) is 4.68. The Hall–Kier alpha value is -1.39. The van der Waals surface area contributed by atoms with Gasteiger partial charge in [-0.15, -0.1) is 11.3 Å². The van der Waals surface area contributed by atoms with Crippen LogP contribution in [0.25, 0.3) is 0 Å². The lowest BCUT2D eigenvalue weighted by molar-refractivity contribution is 0.199. The van der Waals surface area contributed by atoms with Crippen molar-refractivity contribution >= 4 is 17.0 Å². The molecule has 0 spiro atoms. The fourth-order valence-corrected chi connectivity index (χ4v) is 2.94. The summed E-state index contributed by atoms with van der Waals surface area (Å²) in [5.41, 5.74) is 1.48. The number of aliphatic hydroxyl groups excluding tert-OH is 1. The third kappa shape index (κ3) is 2.96. The Kier molecular flexibility index (Phi) is 4.22. The van der Waals surface area contributed by atoms with Gasteiger partial charge in [0.05, 0.1) is 12.1 Å². The van der Waals surface area contributed by atoms with Crippen molar-refractivity contribution in [3.05, 3.63) is 52.0 Å². The molecule has 1 aromatic heterocycles. The van der Waals surface area contributed by atoms with Crippen molar-refractivity contribution in [2.45, 2.75) is 26.0 Å². The predicted molar refractivity (Wildman–Crippen MR) is 78.2 cm³/mol. The average molecular weight is 279 g/mol. The van der Waals surface area contributed by atoms with E-state index in [1.165, 1.54) is 17.0 Å². The third-order valence-corrected chi connectivity index (χ3v) is 4.40. The molecule has 0 aliphatic rings. The summed E-state index contributed by atoms with van der Waals surface area (Å²) in [6, 6.07) is 8.84. The first-order chi connectivity index (χ1) is 9.00. The molecule has 0 aliphatic carbocycles. The molecule has 19 heavy (non-hydrogen) atoms. The topological polar surface area (TPSA) is 23.5 Å². The van der Waals surface area contributed by atoms with Crippen LogP contribution in [0.1, 0.15) is 36.4 Å². The molecule has 0 fully saturated rings. The highest BCUT2D eigenvalue weighted by Gasteiger charge is 2.18. The summed E-state index contributed by atoms with van der Waals surface area (Å²) in [4.78, 5) is 3.30. The van der Waals surface area contributed by atoms with Crippen LogP contribution in [0, 0.1) is 5.82 Å². The second kappa shape index (κ2) is 5.72. The monoisotopic (exact) mass is 279 g/mol. The molecule has 2 aromatic rings. The minimum atomic E-state index is -0.691. The summed E-state index contributed by atoms with van der Waals surface area (Å²) >= 11 is 1.69. The van der Waals surface area contributed by atoms with Gasteiger partial charge in [-0.05, 0) is 43.5 Å². The Morgan fingerprint density at radius 3 is 2.58 bits per heavy atom. The Balaban J connectivity index is 2.35. The molecule has 2 unspecified atom stereocenters. The van der Waals surface area contributed by atoms with Crippen LogP contribution in [0.4, 0.5) is 10.1 Å². The van der Waals surface area contributed by atoms with Gasteiger partial charge < -0.3 is 10.0 Å². The largest absolute Gasteiger partial charge is 0.389 e. The first kappa shape index (κ1) is 14.0. The van der Waals surface area contributed by atoms with Crippen molar-refractivity contribution in [2.24, 2.45) is 0 Å². The average Bonchev–Trinajstić information content (AvgIpc) is 2.90. The summed E-state index contributed by atoms with van der Waals surface area (Å²) in [5.74, 6) is -0.322. The second-order valence-corrected chi connectivity index (χ2v) is 5.66. The number of thiophene rings is 1. The summed E-state index contributed by atoms with van der Waals surface area (Å²) in [5, 5.41) is 11.8. The molecule has 102 valence electrons. The molecule has 1 aromatic carbocycles. The highest BCUT2D eigenvalue weighted by Crippen LogP contribution is 2.33. The molecule has 0 aliphatic heterocycles. The normalized spacial score (nSPS) is 14.2. The van der Waals surface area contributed by atoms with Gasteiger partial charge in [0, 0.05) is 23.2 Å². The van der Waals surface area contributed by atoms with Gasteiger partial charge in [-0.3, -0.25) is 0 Å². The van der Waals surface area contributed by atoms with Crippen molar-refractivity contribution in [1.29, 1.82) is 0 Å². The quantitative estimate of drug-likeness (QED) is 0.909. The Morgan fingerprint density at radius 1 is 1.26 bits per heavy atom. The van der Waals surface area contributed by atoms with E-state index in [1.54, 1.807) is 24.3 Å². The van der Waals surface area contributed by atoms with Crippen molar-refractivity contribution in [3.8, 4) is 0 Å². The summed E-state index contributed by atoms with van der Waals surface area (Å²) in [7, 11) is 1.96. The summed E-state index contributed by atoms with van der Waals surface area (Å²) in [6.45, 7) is 3.75. The Bertz CT molecular complexity index is 539. The van der Waals surface area contributed by atoms with Crippen LogP contribution in [0.5, 0.6) is 0 Å². The van der Waals surface area contributed by atoms with Gasteiger partial charge in [-0.25, -0.2) is 4.39 Å². The highest BCUT2D eigenvalue weighted by atomic mass is 32.1. The van der Waals surface area contributed by atoms with Crippen LogP contribution in [0.2, 0.25) is 0 Å². The number of nitrogens with zero attached hydrogens (tertiary/aromatic N) is 1. The first-order valence-corrected chi connectivity index (χ1v) is 7.12. The maximum atomic E-state index is 13.3. The highest BCUT2D eigenvalue weighted by molar-refractivity contribution is 7.10. The molecular formula is C15H18FNOS. The van der Waals surface area contributed by atoms with E-state index < -0.39 is 6.10 Å². The maximum absolute atomic E-state index is 13.3. The molecular weight excluding hydrogens is 261 g/mol. The molecule has 4 heteroatoms. The lowest BCUT2D eigenvalue weighted by Gasteiger charge is -2.29. The molecule has 2 nitrogen and oxygen atoms in total. The molecule has 0 amide bonds. The zero-order valence-electron chi connectivity index (χ0n) is 11.3. The van der Waals surface area contributed by atoms with Crippen molar-refractivity contribution in [1.82, 2.24) is 0 Å². The van der Waals surface area contributed by atoms with Gasteiger partial charge in [0.25, 0.3) is 0 Å². The Morgan fingerprint density at radius 2 is 2.00 bits per heavy atom. The zero-order valence-corrected chi connectivity index (χ0v) is 12.1. The molecule has 0 saturated carbocycles. The van der Waals surface area contributed by atoms with Gasteiger partial charge in [0.1, 0.15) is 5.82 Å². The summed E-state index contributed by atoms with van der Waals surface area (Å²) in [6.07, 6.45) is -0.691. The standard InChI is InChI=1S/C15H18FNOS/c1-10(15-5-4-8-19-15)17(3)14-7-6-12(16)9-13(14)11(2)18/h4-11,18H,1-3H3.